The standard InChI is InChI=1S/C11H16BrN3O2S/c1-15(7-8-4-5-9(12)18-8)6-2-3-10(16)14-11(13)17/h4-5H,2-3,6-7H2,1H3,(H3,13,14,16,17). The van der Waals surface area contributed by atoms with E-state index in [1.165, 1.54) is 4.88 Å². The summed E-state index contributed by atoms with van der Waals surface area (Å²) in [5.41, 5.74) is 4.85. The molecule has 100 valence electrons. The summed E-state index contributed by atoms with van der Waals surface area (Å²) in [6, 6.07) is 3.30. The lowest BCUT2D eigenvalue weighted by molar-refractivity contribution is -0.120. The lowest BCUT2D eigenvalue weighted by Crippen LogP contribution is -2.35. The van der Waals surface area contributed by atoms with Crippen LogP contribution in [-0.2, 0) is 11.3 Å². The summed E-state index contributed by atoms with van der Waals surface area (Å²) >= 11 is 5.12. The van der Waals surface area contributed by atoms with Crippen LogP contribution in [0.5, 0.6) is 0 Å². The molecule has 3 N–H and O–H groups in total. The fourth-order valence-corrected chi connectivity index (χ4v) is 3.05. The fraction of sp³-hybridized carbons (Fsp3) is 0.455. The van der Waals surface area contributed by atoms with Crippen molar-refractivity contribution in [2.45, 2.75) is 19.4 Å². The molecule has 0 radical (unpaired) electrons. The Morgan fingerprint density at radius 3 is 2.78 bits per heavy atom. The van der Waals surface area contributed by atoms with Gasteiger partial charge in [-0.25, -0.2) is 4.79 Å². The number of carbonyl (C=O) groups excluding carboxylic acids is 2. The summed E-state index contributed by atoms with van der Waals surface area (Å²) in [4.78, 5) is 25.0. The van der Waals surface area contributed by atoms with E-state index in [2.05, 4.69) is 26.9 Å². The third-order valence-electron chi connectivity index (χ3n) is 2.26. The lowest BCUT2D eigenvalue weighted by atomic mass is 10.3. The van der Waals surface area contributed by atoms with Crippen molar-refractivity contribution in [2.75, 3.05) is 13.6 Å². The molecule has 7 heteroatoms. The number of rotatable bonds is 6. The van der Waals surface area contributed by atoms with Crippen LogP contribution in [-0.4, -0.2) is 30.4 Å². The summed E-state index contributed by atoms with van der Waals surface area (Å²) in [5.74, 6) is -0.324. The van der Waals surface area contributed by atoms with E-state index < -0.39 is 6.03 Å². The second-order valence-corrected chi connectivity index (χ2v) is 6.51. The molecule has 5 nitrogen and oxygen atoms in total. The summed E-state index contributed by atoms with van der Waals surface area (Å²) < 4.78 is 1.12. The Morgan fingerprint density at radius 2 is 2.22 bits per heavy atom. The highest BCUT2D eigenvalue weighted by Gasteiger charge is 2.06. The van der Waals surface area contributed by atoms with E-state index in [0.29, 0.717) is 12.8 Å². The Labute approximate surface area is 118 Å². The summed E-state index contributed by atoms with van der Waals surface area (Å²) in [5, 5.41) is 2.05. The van der Waals surface area contributed by atoms with Gasteiger partial charge < -0.3 is 10.6 Å². The molecule has 1 rings (SSSR count). The number of urea groups is 1. The van der Waals surface area contributed by atoms with E-state index in [-0.39, 0.29) is 5.91 Å². The second kappa shape index (κ2) is 7.50. The number of nitrogens with one attached hydrogen (secondary N) is 1. The largest absolute Gasteiger partial charge is 0.351 e. The maximum Gasteiger partial charge on any atom is 0.318 e. The first-order valence-electron chi connectivity index (χ1n) is 5.49. The van der Waals surface area contributed by atoms with Gasteiger partial charge in [0.2, 0.25) is 5.91 Å². The Kier molecular flexibility index (Phi) is 6.31. The van der Waals surface area contributed by atoms with Crippen molar-refractivity contribution in [2.24, 2.45) is 5.73 Å². The van der Waals surface area contributed by atoms with Crippen LogP contribution >= 0.6 is 27.3 Å². The summed E-state index contributed by atoms with van der Waals surface area (Å²) in [7, 11) is 2.00. The molecule has 3 amide bonds. The first kappa shape index (κ1) is 15.1. The van der Waals surface area contributed by atoms with Gasteiger partial charge in [0.15, 0.2) is 0 Å². The normalized spacial score (nSPS) is 10.6. The third kappa shape index (κ3) is 6.13. The van der Waals surface area contributed by atoms with E-state index in [4.69, 9.17) is 5.73 Å². The van der Waals surface area contributed by atoms with Crippen LogP contribution in [0.3, 0.4) is 0 Å². The van der Waals surface area contributed by atoms with Gasteiger partial charge in [0.1, 0.15) is 0 Å². The van der Waals surface area contributed by atoms with Gasteiger partial charge in [0, 0.05) is 17.8 Å². The molecule has 0 unspecified atom stereocenters. The number of nitrogens with two attached hydrogens (primary N) is 1. The number of hydrogen-bond donors (Lipinski definition) is 2. The zero-order valence-electron chi connectivity index (χ0n) is 10.1. The molecule has 18 heavy (non-hydrogen) atoms. The molecule has 0 fully saturated rings. The SMILES string of the molecule is CN(CCCC(=O)NC(N)=O)Cc1ccc(Br)s1. The van der Waals surface area contributed by atoms with Crippen LogP contribution in [0.15, 0.2) is 15.9 Å². The number of carbonyl (C=O) groups is 2. The van der Waals surface area contributed by atoms with Gasteiger partial charge in [0.25, 0.3) is 0 Å². The minimum atomic E-state index is -0.795. The first-order valence-corrected chi connectivity index (χ1v) is 7.10. The van der Waals surface area contributed by atoms with Crippen LogP contribution in [0.25, 0.3) is 0 Å². The Hall–Kier alpha value is -0.920. The highest BCUT2D eigenvalue weighted by Crippen LogP contribution is 2.22. The fourth-order valence-electron chi connectivity index (χ4n) is 1.49. The average Bonchev–Trinajstić information content (AvgIpc) is 2.62. The van der Waals surface area contributed by atoms with Crippen molar-refractivity contribution in [1.29, 1.82) is 0 Å². The van der Waals surface area contributed by atoms with Crippen molar-refractivity contribution < 1.29 is 9.59 Å². The second-order valence-electron chi connectivity index (χ2n) is 3.96. The van der Waals surface area contributed by atoms with Gasteiger partial charge >= 0.3 is 6.03 Å². The van der Waals surface area contributed by atoms with Gasteiger partial charge in [-0.1, -0.05) is 0 Å². The zero-order valence-corrected chi connectivity index (χ0v) is 12.5. The van der Waals surface area contributed by atoms with E-state index in [1.54, 1.807) is 11.3 Å². The molecule has 1 aromatic rings. The van der Waals surface area contributed by atoms with E-state index in [0.717, 1.165) is 16.9 Å². The molecule has 0 saturated heterocycles. The highest BCUT2D eigenvalue weighted by molar-refractivity contribution is 9.11. The Balaban J connectivity index is 2.19. The van der Waals surface area contributed by atoms with E-state index in [1.807, 2.05) is 18.4 Å². The number of imide groups is 1. The zero-order chi connectivity index (χ0) is 13.5. The average molecular weight is 334 g/mol. The topological polar surface area (TPSA) is 75.4 Å². The molecule has 0 aliphatic heterocycles. The summed E-state index contributed by atoms with van der Waals surface area (Å²) in [6.07, 6.45) is 1.00. The van der Waals surface area contributed by atoms with Crippen molar-refractivity contribution in [3.63, 3.8) is 0 Å². The lowest BCUT2D eigenvalue weighted by Gasteiger charge is -2.14. The van der Waals surface area contributed by atoms with E-state index in [9.17, 15) is 9.59 Å². The van der Waals surface area contributed by atoms with Crippen LogP contribution in [0.1, 0.15) is 17.7 Å². The number of nitrogens with zero attached hydrogens (tertiary/aromatic N) is 1. The minimum absolute atomic E-state index is 0.307. The van der Waals surface area contributed by atoms with Gasteiger partial charge in [-0.15, -0.1) is 11.3 Å². The highest BCUT2D eigenvalue weighted by atomic mass is 79.9. The maximum absolute atomic E-state index is 11.2. The Bertz CT molecular complexity index is 422. The molecule has 0 atom stereocenters. The minimum Gasteiger partial charge on any atom is -0.351 e. The third-order valence-corrected chi connectivity index (χ3v) is 3.87. The number of halogens is 1. The van der Waals surface area contributed by atoms with Crippen LogP contribution in [0.2, 0.25) is 0 Å². The van der Waals surface area contributed by atoms with Crippen molar-refractivity contribution in [1.82, 2.24) is 10.2 Å². The quantitative estimate of drug-likeness (QED) is 0.835. The molecule has 1 aromatic heterocycles. The van der Waals surface area contributed by atoms with Gasteiger partial charge in [-0.05, 0) is 48.1 Å². The maximum atomic E-state index is 11.2. The van der Waals surface area contributed by atoms with Crippen molar-refractivity contribution in [3.8, 4) is 0 Å². The number of thiophene rings is 1. The van der Waals surface area contributed by atoms with Gasteiger partial charge in [-0.2, -0.15) is 0 Å². The number of amides is 3. The molecule has 1 heterocycles. The van der Waals surface area contributed by atoms with Crippen LogP contribution in [0.4, 0.5) is 4.79 Å². The number of hydrogen-bond acceptors (Lipinski definition) is 4. The van der Waals surface area contributed by atoms with Gasteiger partial charge in [-0.3, -0.25) is 10.1 Å². The Morgan fingerprint density at radius 1 is 1.50 bits per heavy atom. The van der Waals surface area contributed by atoms with Crippen molar-refractivity contribution in [3.05, 3.63) is 20.8 Å². The van der Waals surface area contributed by atoms with Gasteiger partial charge in [0.05, 0.1) is 3.79 Å². The molecule has 0 aromatic carbocycles. The van der Waals surface area contributed by atoms with Crippen LogP contribution in [0, 0.1) is 0 Å². The summed E-state index contributed by atoms with van der Waals surface area (Å²) in [6.45, 7) is 1.65. The smallest absolute Gasteiger partial charge is 0.318 e. The first-order chi connectivity index (χ1) is 8.47. The van der Waals surface area contributed by atoms with E-state index >= 15 is 0 Å². The predicted octanol–water partition coefficient (Wildman–Crippen LogP) is 1.92. The predicted molar refractivity (Wildman–Crippen MR) is 75.3 cm³/mol. The van der Waals surface area contributed by atoms with Crippen molar-refractivity contribution >= 4 is 39.2 Å². The van der Waals surface area contributed by atoms with Crippen LogP contribution < -0.4 is 11.1 Å². The monoisotopic (exact) mass is 333 g/mol. The molecule has 0 aliphatic carbocycles. The number of primary amides is 1. The molecule has 0 spiro atoms. The molecular formula is C11H16BrN3O2S. The molecular weight excluding hydrogens is 318 g/mol. The molecule has 0 aliphatic rings. The molecule has 0 saturated carbocycles. The molecule has 0 bridgehead atoms.